The Morgan fingerprint density at radius 3 is 2.88 bits per heavy atom. The van der Waals surface area contributed by atoms with Gasteiger partial charge in [0.25, 0.3) is 0 Å². The van der Waals surface area contributed by atoms with Gasteiger partial charge in [0.1, 0.15) is 22.5 Å². The van der Waals surface area contributed by atoms with E-state index in [1.807, 2.05) is 38.3 Å². The number of aromatic nitrogens is 1. The highest BCUT2D eigenvalue weighted by atomic mass is 79.9. The van der Waals surface area contributed by atoms with Crippen LogP contribution in [0.5, 0.6) is 0 Å². The minimum absolute atomic E-state index is 0.268. The lowest BCUT2D eigenvalue weighted by molar-refractivity contribution is 0.0578. The van der Waals surface area contributed by atoms with Crippen LogP contribution in [0, 0.1) is 0 Å². The van der Waals surface area contributed by atoms with Gasteiger partial charge in [-0.25, -0.2) is 9.78 Å². The molecule has 0 saturated heterocycles. The van der Waals surface area contributed by atoms with Gasteiger partial charge in [0.15, 0.2) is 5.58 Å². The standard InChI is InChI=1S/C17H16BrClN2O3S/c1-17(2,3)24-16(22)21(8-10-5-4-6-25-10)12-7-13(19)20-14-11(18)9-23-15(12)14/h4-7,9H,8H2,1-3H3. The Hall–Kier alpha value is -1.57. The van der Waals surface area contributed by atoms with Gasteiger partial charge in [0.2, 0.25) is 0 Å². The predicted octanol–water partition coefficient (Wildman–Crippen LogP) is 6.25. The lowest BCUT2D eigenvalue weighted by atomic mass is 10.2. The van der Waals surface area contributed by atoms with Crippen molar-refractivity contribution in [2.24, 2.45) is 0 Å². The van der Waals surface area contributed by atoms with Crippen LogP contribution in [0.15, 0.2) is 38.7 Å². The summed E-state index contributed by atoms with van der Waals surface area (Å²) < 4.78 is 11.8. The van der Waals surface area contributed by atoms with Crippen molar-refractivity contribution >= 4 is 61.7 Å². The van der Waals surface area contributed by atoms with Crippen molar-refractivity contribution < 1.29 is 13.9 Å². The number of hydrogen-bond acceptors (Lipinski definition) is 5. The first-order valence-electron chi connectivity index (χ1n) is 7.51. The Labute approximate surface area is 162 Å². The third kappa shape index (κ3) is 4.16. The average molecular weight is 444 g/mol. The molecule has 0 spiro atoms. The Bertz CT molecular complexity index is 903. The Morgan fingerprint density at radius 2 is 2.24 bits per heavy atom. The second-order valence-electron chi connectivity index (χ2n) is 6.37. The molecule has 0 bridgehead atoms. The first-order chi connectivity index (χ1) is 11.7. The van der Waals surface area contributed by atoms with E-state index in [0.717, 1.165) is 4.88 Å². The molecular weight excluding hydrogens is 428 g/mol. The molecule has 0 fully saturated rings. The van der Waals surface area contributed by atoms with Crippen LogP contribution in [0.2, 0.25) is 5.15 Å². The highest BCUT2D eigenvalue weighted by Crippen LogP contribution is 2.35. The van der Waals surface area contributed by atoms with Crippen molar-refractivity contribution in [3.05, 3.63) is 44.3 Å². The quantitative estimate of drug-likeness (QED) is 0.449. The molecule has 5 nitrogen and oxygen atoms in total. The second kappa shape index (κ2) is 6.97. The van der Waals surface area contributed by atoms with E-state index in [4.69, 9.17) is 20.8 Å². The number of rotatable bonds is 3. The fourth-order valence-corrected chi connectivity index (χ4v) is 3.50. The van der Waals surface area contributed by atoms with E-state index in [1.54, 1.807) is 17.4 Å². The van der Waals surface area contributed by atoms with E-state index in [0.29, 0.717) is 27.8 Å². The highest BCUT2D eigenvalue weighted by Gasteiger charge is 2.27. The maximum absolute atomic E-state index is 12.8. The number of pyridine rings is 1. The summed E-state index contributed by atoms with van der Waals surface area (Å²) >= 11 is 11.1. The zero-order valence-corrected chi connectivity index (χ0v) is 17.0. The Kier molecular flexibility index (Phi) is 5.09. The number of nitrogens with zero attached hydrogens (tertiary/aromatic N) is 2. The second-order valence-corrected chi connectivity index (χ2v) is 8.65. The predicted molar refractivity (Wildman–Crippen MR) is 103 cm³/mol. The van der Waals surface area contributed by atoms with Gasteiger partial charge in [-0.05, 0) is 48.1 Å². The van der Waals surface area contributed by atoms with E-state index in [2.05, 4.69) is 20.9 Å². The van der Waals surface area contributed by atoms with Crippen molar-refractivity contribution in [2.75, 3.05) is 4.90 Å². The molecule has 3 heterocycles. The van der Waals surface area contributed by atoms with E-state index < -0.39 is 11.7 Å². The molecule has 0 unspecified atom stereocenters. The lowest BCUT2D eigenvalue weighted by Crippen LogP contribution is -2.36. The largest absolute Gasteiger partial charge is 0.459 e. The summed E-state index contributed by atoms with van der Waals surface area (Å²) in [5, 5.41) is 2.23. The number of ether oxygens (including phenoxy) is 1. The number of thiophene rings is 1. The van der Waals surface area contributed by atoms with Crippen LogP contribution >= 0.6 is 38.9 Å². The first-order valence-corrected chi connectivity index (χ1v) is 9.56. The van der Waals surface area contributed by atoms with Gasteiger partial charge in [-0.15, -0.1) is 11.3 Å². The number of carbonyl (C=O) groups excluding carboxylic acids is 1. The summed E-state index contributed by atoms with van der Waals surface area (Å²) in [5.74, 6) is 0. The number of anilines is 1. The molecule has 0 aliphatic carbocycles. The van der Waals surface area contributed by atoms with Crippen molar-refractivity contribution in [1.29, 1.82) is 0 Å². The van der Waals surface area contributed by atoms with Crippen molar-refractivity contribution in [2.45, 2.75) is 32.9 Å². The van der Waals surface area contributed by atoms with E-state index in [9.17, 15) is 4.79 Å². The summed E-state index contributed by atoms with van der Waals surface area (Å²) in [6, 6.07) is 5.50. The van der Waals surface area contributed by atoms with E-state index >= 15 is 0 Å². The van der Waals surface area contributed by atoms with Gasteiger partial charge in [0.05, 0.1) is 16.7 Å². The number of carbonyl (C=O) groups is 1. The summed E-state index contributed by atoms with van der Waals surface area (Å²) in [5.41, 5.74) is 0.925. The zero-order chi connectivity index (χ0) is 18.2. The maximum atomic E-state index is 12.8. The summed E-state index contributed by atoms with van der Waals surface area (Å²) in [7, 11) is 0. The number of amides is 1. The third-order valence-electron chi connectivity index (χ3n) is 3.23. The summed E-state index contributed by atoms with van der Waals surface area (Å²) in [6.07, 6.45) is 1.05. The molecule has 0 N–H and O–H groups in total. The normalized spacial score (nSPS) is 11.7. The van der Waals surface area contributed by atoms with Crippen LogP contribution in [0.3, 0.4) is 0 Å². The SMILES string of the molecule is CC(C)(C)OC(=O)N(Cc1cccs1)c1cc(Cl)nc2c(Br)coc12. The molecule has 1 amide bonds. The average Bonchev–Trinajstić information content (AvgIpc) is 3.13. The van der Waals surface area contributed by atoms with E-state index in [-0.39, 0.29) is 5.15 Å². The monoisotopic (exact) mass is 442 g/mol. The van der Waals surface area contributed by atoms with Crippen LogP contribution in [0.25, 0.3) is 11.1 Å². The van der Waals surface area contributed by atoms with Crippen LogP contribution in [0.1, 0.15) is 25.6 Å². The van der Waals surface area contributed by atoms with Crippen molar-refractivity contribution in [3.63, 3.8) is 0 Å². The fraction of sp³-hybridized carbons (Fsp3) is 0.294. The molecule has 0 atom stereocenters. The van der Waals surface area contributed by atoms with Gasteiger partial charge in [0, 0.05) is 10.9 Å². The molecular formula is C17H16BrClN2O3S. The molecule has 3 rings (SSSR count). The van der Waals surface area contributed by atoms with Gasteiger partial charge >= 0.3 is 6.09 Å². The van der Waals surface area contributed by atoms with E-state index in [1.165, 1.54) is 11.2 Å². The number of halogens is 2. The van der Waals surface area contributed by atoms with Gasteiger partial charge in [-0.2, -0.15) is 0 Å². The minimum Gasteiger partial charge on any atom is -0.459 e. The molecule has 0 aromatic carbocycles. The first kappa shape index (κ1) is 18.2. The molecule has 25 heavy (non-hydrogen) atoms. The summed E-state index contributed by atoms with van der Waals surface area (Å²) in [4.78, 5) is 19.6. The molecule has 0 radical (unpaired) electrons. The van der Waals surface area contributed by atoms with Crippen LogP contribution in [-0.4, -0.2) is 16.7 Å². The molecule has 0 aliphatic heterocycles. The number of hydrogen-bond donors (Lipinski definition) is 0. The number of fused-ring (bicyclic) bond motifs is 1. The van der Waals surface area contributed by atoms with Crippen LogP contribution < -0.4 is 4.90 Å². The highest BCUT2D eigenvalue weighted by molar-refractivity contribution is 9.10. The summed E-state index contributed by atoms with van der Waals surface area (Å²) in [6.45, 7) is 5.83. The zero-order valence-electron chi connectivity index (χ0n) is 13.9. The minimum atomic E-state index is -0.621. The smallest absolute Gasteiger partial charge is 0.415 e. The third-order valence-corrected chi connectivity index (χ3v) is 4.84. The number of furan rings is 1. The van der Waals surface area contributed by atoms with Crippen LogP contribution in [-0.2, 0) is 11.3 Å². The molecule has 0 saturated carbocycles. The fourth-order valence-electron chi connectivity index (χ4n) is 2.26. The van der Waals surface area contributed by atoms with Crippen molar-refractivity contribution in [3.8, 4) is 0 Å². The molecule has 3 aromatic heterocycles. The van der Waals surface area contributed by atoms with Gasteiger partial charge in [-0.1, -0.05) is 17.7 Å². The molecule has 0 aliphatic rings. The molecule has 3 aromatic rings. The van der Waals surface area contributed by atoms with Gasteiger partial charge < -0.3 is 9.15 Å². The van der Waals surface area contributed by atoms with Gasteiger partial charge in [-0.3, -0.25) is 4.90 Å². The molecule has 8 heteroatoms. The topological polar surface area (TPSA) is 55.6 Å². The van der Waals surface area contributed by atoms with Crippen LogP contribution in [0.4, 0.5) is 10.5 Å². The van der Waals surface area contributed by atoms with Crippen molar-refractivity contribution in [1.82, 2.24) is 4.98 Å². The Morgan fingerprint density at radius 1 is 1.48 bits per heavy atom. The maximum Gasteiger partial charge on any atom is 0.415 e. The Balaban J connectivity index is 2.09. The lowest BCUT2D eigenvalue weighted by Gasteiger charge is -2.27. The molecule has 132 valence electrons.